The zero-order valence-corrected chi connectivity index (χ0v) is 27.1. The van der Waals surface area contributed by atoms with E-state index in [-0.39, 0.29) is 18.5 Å². The lowest BCUT2D eigenvalue weighted by Crippen LogP contribution is -2.51. The Morgan fingerprint density at radius 1 is 1.00 bits per heavy atom. The van der Waals surface area contributed by atoms with Crippen LogP contribution in [0, 0.1) is 12.3 Å². The van der Waals surface area contributed by atoms with Crippen molar-refractivity contribution in [2.45, 2.75) is 25.8 Å². The molecule has 1 amide bonds. The maximum absolute atomic E-state index is 13.4. The molecule has 2 aromatic heterocycles. The molecule has 18 heteroatoms. The lowest BCUT2D eigenvalue weighted by Gasteiger charge is -2.36. The van der Waals surface area contributed by atoms with Crippen LogP contribution in [0.4, 0.5) is 17.8 Å². The maximum atomic E-state index is 13.4. The average molecular weight is 658 g/mol. The number of amides is 1. The van der Waals surface area contributed by atoms with Crippen molar-refractivity contribution in [3.8, 4) is 12.3 Å². The Balaban J connectivity index is 1.26. The van der Waals surface area contributed by atoms with Crippen molar-refractivity contribution in [1.82, 2.24) is 34.8 Å². The zero-order chi connectivity index (χ0) is 33.3. The Labute approximate surface area is 275 Å². The molecule has 0 aliphatic carbocycles. The van der Waals surface area contributed by atoms with Crippen LogP contribution in [-0.2, 0) is 30.2 Å². The Hall–Kier alpha value is -4.31. The lowest BCUT2D eigenvalue weighted by molar-refractivity contribution is -0.134. The maximum Gasteiger partial charge on any atom is 0.247 e. The number of nitrogens with zero attached hydrogens (tertiary/aromatic N) is 10. The van der Waals surface area contributed by atoms with Gasteiger partial charge in [-0.3, -0.25) is 9.79 Å². The van der Waals surface area contributed by atoms with Gasteiger partial charge >= 0.3 is 0 Å². The van der Waals surface area contributed by atoms with Gasteiger partial charge in [-0.25, -0.2) is 4.68 Å². The highest BCUT2D eigenvalue weighted by Gasteiger charge is 2.28. The minimum Gasteiger partial charge on any atom is -0.378 e. The lowest BCUT2D eigenvalue weighted by atomic mass is 10.2. The van der Waals surface area contributed by atoms with Crippen LogP contribution in [0.1, 0.15) is 25.1 Å². The van der Waals surface area contributed by atoms with Gasteiger partial charge in [-0.15, -0.1) is 11.5 Å². The Morgan fingerprint density at radius 3 is 2.34 bits per heavy atom. The predicted octanol–water partition coefficient (Wildman–Crippen LogP) is -1.49. The molecule has 258 valence electrons. The van der Waals surface area contributed by atoms with Crippen LogP contribution >= 0.6 is 0 Å². The number of anilines is 3. The minimum atomic E-state index is -0.483. The summed E-state index contributed by atoms with van der Waals surface area (Å²) in [4.78, 5) is 37.5. The summed E-state index contributed by atoms with van der Waals surface area (Å²) in [5, 5.41) is 11.7. The van der Waals surface area contributed by atoms with Crippen LogP contribution in [-0.4, -0.2) is 152 Å². The van der Waals surface area contributed by atoms with E-state index in [2.05, 4.69) is 41.3 Å². The predicted molar refractivity (Wildman–Crippen MR) is 175 cm³/mol. The molecule has 0 radical (unpaired) electrons. The first-order valence-corrected chi connectivity index (χ1v) is 15.9. The monoisotopic (exact) mass is 657 g/mol. The van der Waals surface area contributed by atoms with Crippen molar-refractivity contribution in [3.63, 3.8) is 0 Å². The fourth-order valence-corrected chi connectivity index (χ4v) is 4.87. The molecule has 47 heavy (non-hydrogen) atoms. The van der Waals surface area contributed by atoms with Crippen molar-refractivity contribution in [2.24, 2.45) is 16.5 Å². The van der Waals surface area contributed by atoms with Gasteiger partial charge in [0.05, 0.1) is 51.9 Å². The number of carbonyl (C=O) groups is 1. The van der Waals surface area contributed by atoms with E-state index in [0.29, 0.717) is 123 Å². The second kappa shape index (κ2) is 19.4. The second-order valence-corrected chi connectivity index (χ2v) is 10.9. The first kappa shape index (κ1) is 35.5. The van der Waals surface area contributed by atoms with Crippen molar-refractivity contribution in [2.75, 3.05) is 120 Å². The van der Waals surface area contributed by atoms with Gasteiger partial charge in [0.15, 0.2) is 5.96 Å². The van der Waals surface area contributed by atoms with Crippen LogP contribution in [0.25, 0.3) is 0 Å². The highest BCUT2D eigenvalue weighted by atomic mass is 16.5. The summed E-state index contributed by atoms with van der Waals surface area (Å²) in [7, 11) is 0. The number of aliphatic imine (C=N–C) groups is 1. The van der Waals surface area contributed by atoms with Crippen LogP contribution in [0.5, 0.6) is 0 Å². The molecular formula is C29H47N13O5. The van der Waals surface area contributed by atoms with Crippen molar-refractivity contribution in [1.29, 1.82) is 0 Å². The van der Waals surface area contributed by atoms with E-state index >= 15 is 0 Å². The standard InChI is InChI=1S/C29H47N13O5/c1-3-14-44-18-20-47-21-19-45-15-7-33-27-34-28(36-29(35-27)41-12-16-46-17-13-41)40-10-8-39(9-11-40)25(43)23(2)42-22-24(37-38-42)5-4-6-32-26(30)31/h1,22-23H,4-21H2,2H3,(H4,30,31,32)(H,33,34,35,36)/t23-/m0/s1. The summed E-state index contributed by atoms with van der Waals surface area (Å²) >= 11 is 0. The number of aryl methyl sites for hydroxylation is 1. The average Bonchev–Trinajstić information content (AvgIpc) is 3.58. The molecule has 2 fully saturated rings. The smallest absolute Gasteiger partial charge is 0.247 e. The van der Waals surface area contributed by atoms with Gasteiger partial charge in [0.1, 0.15) is 12.6 Å². The summed E-state index contributed by atoms with van der Waals surface area (Å²) in [6.07, 6.45) is 8.35. The Kier molecular flexibility index (Phi) is 14.7. The zero-order valence-electron chi connectivity index (χ0n) is 27.1. The third-order valence-corrected chi connectivity index (χ3v) is 7.44. The van der Waals surface area contributed by atoms with Gasteiger partial charge in [0.25, 0.3) is 0 Å². The molecule has 1 atom stereocenters. The van der Waals surface area contributed by atoms with Gasteiger partial charge in [0, 0.05) is 58.6 Å². The molecule has 0 saturated carbocycles. The number of guanidine groups is 1. The minimum absolute atomic E-state index is 0.0174. The number of piperazine rings is 1. The molecule has 0 aromatic carbocycles. The Bertz CT molecular complexity index is 1300. The molecule has 0 spiro atoms. The van der Waals surface area contributed by atoms with E-state index in [0.717, 1.165) is 12.1 Å². The molecule has 2 aliphatic rings. The molecule has 4 rings (SSSR count). The van der Waals surface area contributed by atoms with Crippen LogP contribution < -0.4 is 26.6 Å². The summed E-state index contributed by atoms with van der Waals surface area (Å²) in [6, 6.07) is -0.483. The summed E-state index contributed by atoms with van der Waals surface area (Å²) in [5.41, 5.74) is 11.5. The third kappa shape index (κ3) is 11.8. The molecule has 5 N–H and O–H groups in total. The number of rotatable bonds is 19. The van der Waals surface area contributed by atoms with E-state index in [4.69, 9.17) is 46.8 Å². The van der Waals surface area contributed by atoms with Crippen molar-refractivity contribution in [3.05, 3.63) is 11.9 Å². The Morgan fingerprint density at radius 2 is 1.66 bits per heavy atom. The van der Waals surface area contributed by atoms with Crippen LogP contribution in [0.2, 0.25) is 0 Å². The van der Waals surface area contributed by atoms with Crippen molar-refractivity contribution >= 4 is 29.7 Å². The van der Waals surface area contributed by atoms with Gasteiger partial charge in [-0.2, -0.15) is 15.0 Å². The number of terminal acetylenes is 1. The molecule has 0 bridgehead atoms. The largest absolute Gasteiger partial charge is 0.378 e. The molecule has 2 saturated heterocycles. The summed E-state index contributed by atoms with van der Waals surface area (Å²) in [5.74, 6) is 4.08. The number of nitrogens with two attached hydrogens (primary N) is 2. The first-order valence-electron chi connectivity index (χ1n) is 15.9. The quantitative estimate of drug-likeness (QED) is 0.0680. The van der Waals surface area contributed by atoms with Crippen LogP contribution in [0.15, 0.2) is 11.2 Å². The number of hydrogen-bond donors (Lipinski definition) is 3. The van der Waals surface area contributed by atoms with E-state index < -0.39 is 6.04 Å². The summed E-state index contributed by atoms with van der Waals surface area (Å²) < 4.78 is 23.4. The number of morpholine rings is 1. The number of ether oxygens (including phenoxy) is 4. The van der Waals surface area contributed by atoms with Gasteiger partial charge < -0.3 is 50.4 Å². The van der Waals surface area contributed by atoms with E-state index in [9.17, 15) is 4.79 Å². The molecule has 18 nitrogen and oxygen atoms in total. The second-order valence-electron chi connectivity index (χ2n) is 10.9. The SMILES string of the molecule is C#CCOCCOCCOCCNc1nc(N2CCOCC2)nc(N2CCN(C(=O)[C@H](C)n3cc(CCCN=C(N)N)nn3)CC2)n1. The first-order chi connectivity index (χ1) is 22.9. The van der Waals surface area contributed by atoms with Gasteiger partial charge in [-0.1, -0.05) is 11.1 Å². The van der Waals surface area contributed by atoms with E-state index in [1.165, 1.54) is 0 Å². The fraction of sp³-hybridized carbons (Fsp3) is 0.690. The van der Waals surface area contributed by atoms with Gasteiger partial charge in [-0.05, 0) is 19.8 Å². The molecule has 0 unspecified atom stereocenters. The molecule has 2 aliphatic heterocycles. The number of hydrogen-bond acceptors (Lipinski definition) is 14. The van der Waals surface area contributed by atoms with Gasteiger partial charge in [0.2, 0.25) is 23.8 Å². The fourth-order valence-electron chi connectivity index (χ4n) is 4.87. The normalized spacial score (nSPS) is 15.7. The third-order valence-electron chi connectivity index (χ3n) is 7.44. The van der Waals surface area contributed by atoms with E-state index in [1.54, 1.807) is 10.9 Å². The topological polar surface area (TPSA) is 210 Å². The molecule has 4 heterocycles. The highest BCUT2D eigenvalue weighted by molar-refractivity contribution is 5.80. The summed E-state index contributed by atoms with van der Waals surface area (Å²) in [6.45, 7) is 10.3. The number of nitrogens with one attached hydrogen (secondary N) is 1. The number of carbonyl (C=O) groups excluding carboxylic acids is 1. The van der Waals surface area contributed by atoms with E-state index in [1.807, 2.05) is 11.8 Å². The van der Waals surface area contributed by atoms with Crippen molar-refractivity contribution < 1.29 is 23.7 Å². The highest BCUT2D eigenvalue weighted by Crippen LogP contribution is 2.20. The number of aromatic nitrogens is 6. The molecule has 2 aromatic rings. The molecular weight excluding hydrogens is 610 g/mol. The van der Waals surface area contributed by atoms with Crippen LogP contribution in [0.3, 0.4) is 0 Å².